The van der Waals surface area contributed by atoms with Gasteiger partial charge in [-0.2, -0.15) is 0 Å². The number of benzene rings is 1. The van der Waals surface area contributed by atoms with Crippen molar-refractivity contribution in [2.45, 2.75) is 13.0 Å². The minimum Gasteiger partial charge on any atom is -0.548 e. The average Bonchev–Trinajstić information content (AvgIpc) is 2.63. The van der Waals surface area contributed by atoms with Crippen molar-refractivity contribution in [1.82, 2.24) is 4.90 Å². The van der Waals surface area contributed by atoms with Crippen LogP contribution in [0.3, 0.4) is 0 Å². The SMILES string of the molecule is C[C@H](C(=O)[O-])N1C(=O)/C(=C/c2cccc(Cl)c2)SC1=S. The molecule has 0 N–H and O–H groups in total. The Hall–Kier alpha value is -1.37. The molecule has 2 rings (SSSR count). The van der Waals surface area contributed by atoms with Crippen LogP contribution in [0, 0.1) is 0 Å². The molecule has 0 bridgehead atoms. The van der Waals surface area contributed by atoms with Crippen LogP contribution in [0.15, 0.2) is 29.2 Å². The summed E-state index contributed by atoms with van der Waals surface area (Å²) in [7, 11) is 0. The van der Waals surface area contributed by atoms with Gasteiger partial charge in [0, 0.05) is 5.02 Å². The normalized spacial score (nSPS) is 18.7. The van der Waals surface area contributed by atoms with Gasteiger partial charge in [-0.25, -0.2) is 0 Å². The third-order valence-electron chi connectivity index (χ3n) is 2.70. The molecular weight excluding hydrogens is 318 g/mol. The van der Waals surface area contributed by atoms with Crippen molar-refractivity contribution in [2.75, 3.05) is 0 Å². The van der Waals surface area contributed by atoms with E-state index < -0.39 is 17.9 Å². The zero-order valence-corrected chi connectivity index (χ0v) is 12.7. The average molecular weight is 327 g/mol. The summed E-state index contributed by atoms with van der Waals surface area (Å²) < 4.78 is 0.208. The highest BCUT2D eigenvalue weighted by atomic mass is 35.5. The molecule has 0 aromatic heterocycles. The second-order valence-corrected chi connectivity index (χ2v) is 6.21. The number of carboxylic acids is 1. The topological polar surface area (TPSA) is 60.4 Å². The van der Waals surface area contributed by atoms with Crippen molar-refractivity contribution >= 4 is 57.9 Å². The first-order chi connectivity index (χ1) is 9.40. The van der Waals surface area contributed by atoms with E-state index in [2.05, 4.69) is 0 Å². The molecule has 104 valence electrons. The first-order valence-corrected chi connectivity index (χ1v) is 7.24. The van der Waals surface area contributed by atoms with Crippen LogP contribution >= 0.6 is 35.6 Å². The standard InChI is InChI=1S/C13H10ClNO3S2/c1-7(12(17)18)15-11(16)10(20-13(15)19)6-8-3-2-4-9(14)5-8/h2-7H,1H3,(H,17,18)/p-1/b10-6-/t7-/m1/s1. The predicted octanol–water partition coefficient (Wildman–Crippen LogP) is 1.68. The lowest BCUT2D eigenvalue weighted by Gasteiger charge is -2.23. The van der Waals surface area contributed by atoms with E-state index in [4.69, 9.17) is 23.8 Å². The number of carboxylic acid groups (broad SMARTS) is 1. The number of rotatable bonds is 3. The summed E-state index contributed by atoms with van der Waals surface area (Å²) in [6, 6.07) is 5.89. The van der Waals surface area contributed by atoms with Gasteiger partial charge in [-0.1, -0.05) is 47.7 Å². The summed E-state index contributed by atoms with van der Waals surface area (Å²) in [5.74, 6) is -1.78. The van der Waals surface area contributed by atoms with Crippen LogP contribution in [0.1, 0.15) is 12.5 Å². The third kappa shape index (κ3) is 3.03. The number of carbonyl (C=O) groups excluding carboxylic acids is 2. The van der Waals surface area contributed by atoms with Crippen molar-refractivity contribution in [2.24, 2.45) is 0 Å². The Balaban J connectivity index is 2.30. The Morgan fingerprint density at radius 1 is 1.55 bits per heavy atom. The minimum atomic E-state index is -1.34. The summed E-state index contributed by atoms with van der Waals surface area (Å²) in [6.07, 6.45) is 1.63. The van der Waals surface area contributed by atoms with Crippen LogP contribution in [-0.2, 0) is 9.59 Å². The van der Waals surface area contributed by atoms with Crippen molar-refractivity contribution in [1.29, 1.82) is 0 Å². The molecule has 1 saturated heterocycles. The second-order valence-electron chi connectivity index (χ2n) is 4.10. The number of hydrogen-bond donors (Lipinski definition) is 0. The van der Waals surface area contributed by atoms with Crippen molar-refractivity contribution in [3.8, 4) is 0 Å². The summed E-state index contributed by atoms with van der Waals surface area (Å²) in [5.41, 5.74) is 0.749. The zero-order chi connectivity index (χ0) is 14.9. The Bertz CT molecular complexity index is 630. The second kappa shape index (κ2) is 5.95. The first kappa shape index (κ1) is 15.0. The van der Waals surface area contributed by atoms with E-state index in [0.717, 1.165) is 22.2 Å². The Kier molecular flexibility index (Phi) is 4.47. The molecule has 1 aromatic carbocycles. The summed E-state index contributed by atoms with van der Waals surface area (Å²) in [5, 5.41) is 11.4. The lowest BCUT2D eigenvalue weighted by atomic mass is 10.2. The number of thiocarbonyl (C=S) groups is 1. The number of aliphatic carboxylic acids is 1. The molecule has 1 aliphatic rings. The lowest BCUT2D eigenvalue weighted by molar-refractivity contribution is -0.309. The zero-order valence-electron chi connectivity index (χ0n) is 10.3. The quantitative estimate of drug-likeness (QED) is 0.625. The van der Waals surface area contributed by atoms with Crippen LogP contribution in [0.2, 0.25) is 5.02 Å². The van der Waals surface area contributed by atoms with Gasteiger partial charge in [0.1, 0.15) is 4.32 Å². The van der Waals surface area contributed by atoms with E-state index in [0.29, 0.717) is 9.93 Å². The fraction of sp³-hybridized carbons (Fsp3) is 0.154. The fourth-order valence-corrected chi connectivity index (χ4v) is 3.28. The fourth-order valence-electron chi connectivity index (χ4n) is 1.67. The number of thioether (sulfide) groups is 1. The van der Waals surface area contributed by atoms with Gasteiger partial charge >= 0.3 is 0 Å². The highest BCUT2D eigenvalue weighted by molar-refractivity contribution is 8.26. The number of carbonyl (C=O) groups is 2. The Morgan fingerprint density at radius 3 is 2.85 bits per heavy atom. The first-order valence-electron chi connectivity index (χ1n) is 5.63. The maximum Gasteiger partial charge on any atom is 0.266 e. The molecule has 0 spiro atoms. The smallest absolute Gasteiger partial charge is 0.266 e. The van der Waals surface area contributed by atoms with Gasteiger partial charge in [0.25, 0.3) is 5.91 Å². The summed E-state index contributed by atoms with van der Waals surface area (Å²) in [6.45, 7) is 1.36. The molecule has 1 fully saturated rings. The molecule has 1 heterocycles. The number of halogens is 1. The van der Waals surface area contributed by atoms with Gasteiger partial charge in [-0.3, -0.25) is 9.69 Å². The highest BCUT2D eigenvalue weighted by Crippen LogP contribution is 2.34. The molecule has 0 aliphatic carbocycles. The van der Waals surface area contributed by atoms with Crippen LogP contribution in [0.4, 0.5) is 0 Å². The molecule has 4 nitrogen and oxygen atoms in total. The molecule has 1 aromatic rings. The van der Waals surface area contributed by atoms with Crippen molar-refractivity contribution < 1.29 is 14.7 Å². The third-order valence-corrected chi connectivity index (χ3v) is 4.26. The number of nitrogens with zero attached hydrogens (tertiary/aromatic N) is 1. The summed E-state index contributed by atoms with van der Waals surface area (Å²) in [4.78, 5) is 24.5. The molecule has 20 heavy (non-hydrogen) atoms. The molecular formula is C13H9ClNO3S2-. The minimum absolute atomic E-state index is 0.208. The van der Waals surface area contributed by atoms with Gasteiger partial charge in [-0.15, -0.1) is 0 Å². The molecule has 1 aliphatic heterocycles. The highest BCUT2D eigenvalue weighted by Gasteiger charge is 2.35. The molecule has 0 radical (unpaired) electrons. The van der Waals surface area contributed by atoms with Crippen LogP contribution in [0.5, 0.6) is 0 Å². The molecule has 1 amide bonds. The van der Waals surface area contributed by atoms with Gasteiger partial charge in [0.15, 0.2) is 0 Å². The number of hydrogen-bond acceptors (Lipinski definition) is 5. The molecule has 0 saturated carbocycles. The van der Waals surface area contributed by atoms with E-state index in [9.17, 15) is 14.7 Å². The van der Waals surface area contributed by atoms with Crippen LogP contribution < -0.4 is 5.11 Å². The predicted molar refractivity (Wildman–Crippen MR) is 80.9 cm³/mol. The van der Waals surface area contributed by atoms with E-state index >= 15 is 0 Å². The van der Waals surface area contributed by atoms with Crippen LogP contribution in [-0.4, -0.2) is 27.1 Å². The van der Waals surface area contributed by atoms with Gasteiger partial charge in [0.05, 0.1) is 16.9 Å². The summed E-state index contributed by atoms with van der Waals surface area (Å²) >= 11 is 12.0. The van der Waals surface area contributed by atoms with E-state index in [1.165, 1.54) is 6.92 Å². The monoisotopic (exact) mass is 326 g/mol. The van der Waals surface area contributed by atoms with Gasteiger partial charge in [-0.05, 0) is 30.7 Å². The Morgan fingerprint density at radius 2 is 2.25 bits per heavy atom. The van der Waals surface area contributed by atoms with E-state index in [1.807, 2.05) is 0 Å². The largest absolute Gasteiger partial charge is 0.548 e. The lowest BCUT2D eigenvalue weighted by Crippen LogP contribution is -2.48. The van der Waals surface area contributed by atoms with E-state index in [1.54, 1.807) is 30.3 Å². The van der Waals surface area contributed by atoms with Crippen molar-refractivity contribution in [3.05, 3.63) is 39.8 Å². The maximum atomic E-state index is 12.2. The van der Waals surface area contributed by atoms with Crippen LogP contribution in [0.25, 0.3) is 6.08 Å². The molecule has 0 unspecified atom stereocenters. The van der Waals surface area contributed by atoms with Crippen molar-refractivity contribution in [3.63, 3.8) is 0 Å². The van der Waals surface area contributed by atoms with Gasteiger partial charge < -0.3 is 9.90 Å². The molecule has 1 atom stereocenters. The Labute approximate surface area is 130 Å². The maximum absolute atomic E-state index is 12.2. The number of amides is 1. The van der Waals surface area contributed by atoms with E-state index in [-0.39, 0.29) is 4.32 Å². The molecule has 7 heteroatoms. The van der Waals surface area contributed by atoms with Gasteiger partial charge in [0.2, 0.25) is 0 Å².